The van der Waals surface area contributed by atoms with Crippen LogP contribution in [0.2, 0.25) is 0 Å². The summed E-state index contributed by atoms with van der Waals surface area (Å²) in [5.74, 6) is 2.20. The Kier molecular flexibility index (Phi) is 5.32. The summed E-state index contributed by atoms with van der Waals surface area (Å²) in [6, 6.07) is 13.4. The maximum atomic E-state index is 12.9. The van der Waals surface area contributed by atoms with Crippen LogP contribution in [-0.4, -0.2) is 50.7 Å². The average molecular weight is 377 g/mol. The van der Waals surface area contributed by atoms with Gasteiger partial charge < -0.3 is 9.64 Å². The summed E-state index contributed by atoms with van der Waals surface area (Å²) < 4.78 is 5.34. The maximum absolute atomic E-state index is 12.9. The molecule has 3 heterocycles. The van der Waals surface area contributed by atoms with E-state index in [-0.39, 0.29) is 11.8 Å². The third-order valence-corrected chi connectivity index (χ3v) is 4.91. The zero-order valence-corrected chi connectivity index (χ0v) is 15.8. The van der Waals surface area contributed by atoms with Gasteiger partial charge in [-0.3, -0.25) is 9.89 Å². The molecule has 0 saturated carbocycles. The van der Waals surface area contributed by atoms with Gasteiger partial charge in [-0.2, -0.15) is 5.10 Å². The van der Waals surface area contributed by atoms with Crippen molar-refractivity contribution in [3.05, 3.63) is 60.0 Å². The van der Waals surface area contributed by atoms with E-state index in [4.69, 9.17) is 4.74 Å². The zero-order valence-electron chi connectivity index (χ0n) is 15.8. The zero-order chi connectivity index (χ0) is 19.3. The van der Waals surface area contributed by atoms with Crippen molar-refractivity contribution in [1.29, 1.82) is 0 Å². The molecule has 1 atom stereocenters. The van der Waals surface area contributed by atoms with Crippen LogP contribution in [0.25, 0.3) is 11.4 Å². The first-order chi connectivity index (χ1) is 13.7. The van der Waals surface area contributed by atoms with Crippen molar-refractivity contribution in [2.45, 2.75) is 25.7 Å². The molecule has 2 aromatic heterocycles. The van der Waals surface area contributed by atoms with Crippen molar-refractivity contribution >= 4 is 5.91 Å². The van der Waals surface area contributed by atoms with Crippen LogP contribution in [0.4, 0.5) is 0 Å². The monoisotopic (exact) mass is 377 g/mol. The molecule has 28 heavy (non-hydrogen) atoms. The Morgan fingerprint density at radius 3 is 2.86 bits per heavy atom. The van der Waals surface area contributed by atoms with Crippen molar-refractivity contribution in [3.63, 3.8) is 0 Å². The highest BCUT2D eigenvalue weighted by molar-refractivity contribution is 5.94. The highest BCUT2D eigenvalue weighted by Crippen LogP contribution is 2.27. The second-order valence-corrected chi connectivity index (χ2v) is 6.82. The molecule has 7 nitrogen and oxygen atoms in total. The van der Waals surface area contributed by atoms with Crippen molar-refractivity contribution < 1.29 is 9.53 Å². The SMILES string of the molecule is CCOc1ccc(C(=O)N2CCCC(c3nc(-c4ccccc4)n[nH]3)C2)cn1. The molecule has 1 fully saturated rings. The van der Waals surface area contributed by atoms with E-state index in [9.17, 15) is 4.79 Å². The third kappa shape index (κ3) is 3.88. The van der Waals surface area contributed by atoms with E-state index in [0.29, 0.717) is 30.4 Å². The van der Waals surface area contributed by atoms with Gasteiger partial charge in [0.2, 0.25) is 5.88 Å². The minimum atomic E-state index is -0.0111. The number of hydrogen-bond donors (Lipinski definition) is 1. The number of carbonyl (C=O) groups excluding carboxylic acids is 1. The number of H-pyrrole nitrogens is 1. The van der Waals surface area contributed by atoms with Gasteiger partial charge >= 0.3 is 0 Å². The molecule has 1 aromatic carbocycles. The lowest BCUT2D eigenvalue weighted by Crippen LogP contribution is -2.39. The van der Waals surface area contributed by atoms with Crippen molar-refractivity contribution in [2.24, 2.45) is 0 Å². The van der Waals surface area contributed by atoms with Gasteiger partial charge in [0.05, 0.1) is 12.2 Å². The van der Waals surface area contributed by atoms with E-state index in [1.165, 1.54) is 0 Å². The third-order valence-electron chi connectivity index (χ3n) is 4.91. The van der Waals surface area contributed by atoms with Gasteiger partial charge in [-0.15, -0.1) is 0 Å². The molecule has 3 aromatic rings. The maximum Gasteiger partial charge on any atom is 0.255 e. The molecule has 0 radical (unpaired) electrons. The van der Waals surface area contributed by atoms with Crippen LogP contribution in [0.1, 0.15) is 41.9 Å². The molecule has 0 aliphatic carbocycles. The number of nitrogens with one attached hydrogen (secondary N) is 1. The molecular weight excluding hydrogens is 354 g/mol. The first-order valence-electron chi connectivity index (χ1n) is 9.60. The number of nitrogens with zero attached hydrogens (tertiary/aromatic N) is 4. The quantitative estimate of drug-likeness (QED) is 0.738. The lowest BCUT2D eigenvalue weighted by molar-refractivity contribution is 0.0704. The van der Waals surface area contributed by atoms with E-state index in [0.717, 1.165) is 30.8 Å². The molecule has 1 amide bonds. The normalized spacial score (nSPS) is 16.8. The molecule has 1 saturated heterocycles. The largest absolute Gasteiger partial charge is 0.478 e. The standard InChI is InChI=1S/C21H23N5O2/c1-2-28-18-11-10-16(13-22-18)21(27)26-12-6-9-17(14-26)20-23-19(24-25-20)15-7-4-3-5-8-15/h3-5,7-8,10-11,13,17H,2,6,9,12,14H2,1H3,(H,23,24,25). The predicted octanol–water partition coefficient (Wildman–Crippen LogP) is 3.29. The summed E-state index contributed by atoms with van der Waals surface area (Å²) in [6.07, 6.45) is 3.50. The predicted molar refractivity (Wildman–Crippen MR) is 105 cm³/mol. The summed E-state index contributed by atoms with van der Waals surface area (Å²) in [6.45, 7) is 3.81. The average Bonchev–Trinajstić information content (AvgIpc) is 3.25. The van der Waals surface area contributed by atoms with Crippen LogP contribution in [0.5, 0.6) is 5.88 Å². The summed E-state index contributed by atoms with van der Waals surface area (Å²) in [7, 11) is 0. The molecule has 144 valence electrons. The Labute approximate surface area is 163 Å². The number of pyridine rings is 1. The van der Waals surface area contributed by atoms with E-state index in [1.807, 2.05) is 42.2 Å². The van der Waals surface area contributed by atoms with Crippen LogP contribution in [0, 0.1) is 0 Å². The summed E-state index contributed by atoms with van der Waals surface area (Å²) in [5, 5.41) is 7.42. The Balaban J connectivity index is 1.45. The number of amides is 1. The Morgan fingerprint density at radius 2 is 2.11 bits per heavy atom. The molecule has 1 unspecified atom stereocenters. The van der Waals surface area contributed by atoms with Gasteiger partial charge in [0, 0.05) is 36.8 Å². The number of carbonyl (C=O) groups is 1. The van der Waals surface area contributed by atoms with Gasteiger partial charge in [0.25, 0.3) is 5.91 Å². The molecule has 7 heteroatoms. The second kappa shape index (κ2) is 8.21. The number of hydrogen-bond acceptors (Lipinski definition) is 5. The number of piperidine rings is 1. The van der Waals surface area contributed by atoms with Crippen LogP contribution in [0.15, 0.2) is 48.7 Å². The fourth-order valence-electron chi connectivity index (χ4n) is 3.48. The number of aromatic amines is 1. The molecule has 0 bridgehead atoms. The van der Waals surface area contributed by atoms with Crippen molar-refractivity contribution in [1.82, 2.24) is 25.1 Å². The van der Waals surface area contributed by atoms with Gasteiger partial charge in [-0.05, 0) is 25.8 Å². The van der Waals surface area contributed by atoms with E-state index < -0.39 is 0 Å². The molecular formula is C21H23N5O2. The highest BCUT2D eigenvalue weighted by atomic mass is 16.5. The Bertz CT molecular complexity index is 923. The Hall–Kier alpha value is -3.22. The molecule has 0 spiro atoms. The van der Waals surface area contributed by atoms with Crippen LogP contribution >= 0.6 is 0 Å². The fourth-order valence-corrected chi connectivity index (χ4v) is 3.48. The molecule has 1 aliphatic rings. The summed E-state index contributed by atoms with van der Waals surface area (Å²) >= 11 is 0. The van der Waals surface area contributed by atoms with Crippen LogP contribution in [-0.2, 0) is 0 Å². The molecule has 1 N–H and O–H groups in total. The number of aromatic nitrogens is 4. The Morgan fingerprint density at radius 1 is 1.25 bits per heavy atom. The molecule has 1 aliphatic heterocycles. The molecule has 4 rings (SSSR count). The first-order valence-corrected chi connectivity index (χ1v) is 9.60. The number of rotatable bonds is 5. The van der Waals surface area contributed by atoms with E-state index >= 15 is 0 Å². The minimum Gasteiger partial charge on any atom is -0.478 e. The lowest BCUT2D eigenvalue weighted by Gasteiger charge is -2.31. The van der Waals surface area contributed by atoms with Crippen LogP contribution < -0.4 is 4.74 Å². The van der Waals surface area contributed by atoms with Gasteiger partial charge in [0.15, 0.2) is 5.82 Å². The number of ether oxygens (including phenoxy) is 1. The smallest absolute Gasteiger partial charge is 0.255 e. The van der Waals surface area contributed by atoms with Gasteiger partial charge in [-0.1, -0.05) is 30.3 Å². The van der Waals surface area contributed by atoms with E-state index in [2.05, 4.69) is 20.2 Å². The van der Waals surface area contributed by atoms with Gasteiger partial charge in [-0.25, -0.2) is 9.97 Å². The first kappa shape index (κ1) is 18.2. The van der Waals surface area contributed by atoms with Crippen molar-refractivity contribution in [3.8, 4) is 17.3 Å². The van der Waals surface area contributed by atoms with Crippen molar-refractivity contribution in [2.75, 3.05) is 19.7 Å². The lowest BCUT2D eigenvalue weighted by atomic mass is 9.97. The second-order valence-electron chi connectivity index (χ2n) is 6.82. The number of benzene rings is 1. The number of likely N-dealkylation sites (tertiary alicyclic amines) is 1. The summed E-state index contributed by atoms with van der Waals surface area (Å²) in [5.41, 5.74) is 1.56. The summed E-state index contributed by atoms with van der Waals surface area (Å²) in [4.78, 5) is 23.6. The highest BCUT2D eigenvalue weighted by Gasteiger charge is 2.28. The fraction of sp³-hybridized carbons (Fsp3) is 0.333. The van der Waals surface area contributed by atoms with Gasteiger partial charge in [0.1, 0.15) is 5.82 Å². The van der Waals surface area contributed by atoms with E-state index in [1.54, 1.807) is 18.3 Å². The van der Waals surface area contributed by atoms with Crippen LogP contribution in [0.3, 0.4) is 0 Å². The topological polar surface area (TPSA) is 84.0 Å². The minimum absolute atomic E-state index is 0.0111.